The van der Waals surface area contributed by atoms with Gasteiger partial charge in [-0.3, -0.25) is 14.4 Å². The summed E-state index contributed by atoms with van der Waals surface area (Å²) in [7, 11) is 0. The molecule has 1 aromatic rings. The number of amides is 3. The van der Waals surface area contributed by atoms with Gasteiger partial charge < -0.3 is 36.7 Å². The monoisotopic (exact) mass is 477 g/mol. The number of aliphatic carboxylic acids is 1. The van der Waals surface area contributed by atoms with Crippen LogP contribution in [0.25, 0.3) is 0 Å². The fourth-order valence-electron chi connectivity index (χ4n) is 4.72. The molecule has 0 aliphatic carbocycles. The van der Waals surface area contributed by atoms with E-state index >= 15 is 0 Å². The number of likely N-dealkylation sites (tertiary alicyclic amines) is 2. The van der Waals surface area contributed by atoms with E-state index in [2.05, 4.69) is 15.3 Å². The highest BCUT2D eigenvalue weighted by Crippen LogP contribution is 2.22. The Morgan fingerprint density at radius 3 is 2.41 bits per heavy atom. The lowest BCUT2D eigenvalue weighted by Crippen LogP contribution is -2.57. The molecule has 2 saturated heterocycles. The Hall–Kier alpha value is -2.99. The predicted octanol–water partition coefficient (Wildman–Crippen LogP) is -1.04. The molecule has 12 nitrogen and oxygen atoms in total. The summed E-state index contributed by atoms with van der Waals surface area (Å²) in [5.74, 6) is -2.24. The van der Waals surface area contributed by atoms with E-state index in [9.17, 15) is 24.3 Å². The number of nitrogens with one attached hydrogen (secondary N) is 2. The van der Waals surface area contributed by atoms with Crippen LogP contribution in [0, 0.1) is 0 Å². The molecule has 0 spiro atoms. The standard InChI is InChI=1S/C22H35N7O5/c23-8-2-1-5-15(24)20(31)28-9-3-6-17(28)19(30)27-16(11-14-12-25-13-26-14)21(32)29-10-4-7-18(29)22(33)34/h12-13,15-18H,1-11,23-24H2,(H,25,26)(H,27,30)(H,33,34). The van der Waals surface area contributed by atoms with Crippen LogP contribution in [0.15, 0.2) is 12.5 Å². The lowest BCUT2D eigenvalue weighted by molar-refractivity contribution is -0.149. The van der Waals surface area contributed by atoms with Crippen molar-refractivity contribution in [2.24, 2.45) is 11.5 Å². The molecule has 34 heavy (non-hydrogen) atoms. The van der Waals surface area contributed by atoms with Crippen LogP contribution in [0.2, 0.25) is 0 Å². The third-order valence-corrected chi connectivity index (χ3v) is 6.54. The number of carboxylic acid groups (broad SMARTS) is 1. The number of hydrogen-bond acceptors (Lipinski definition) is 7. The maximum atomic E-state index is 13.3. The predicted molar refractivity (Wildman–Crippen MR) is 122 cm³/mol. The summed E-state index contributed by atoms with van der Waals surface area (Å²) in [5, 5.41) is 12.3. The molecule has 4 unspecified atom stereocenters. The molecule has 2 aliphatic rings. The van der Waals surface area contributed by atoms with Gasteiger partial charge in [0.05, 0.1) is 12.4 Å². The van der Waals surface area contributed by atoms with Crippen molar-refractivity contribution in [1.29, 1.82) is 0 Å². The maximum absolute atomic E-state index is 13.3. The van der Waals surface area contributed by atoms with Gasteiger partial charge in [-0.25, -0.2) is 9.78 Å². The number of nitrogens with two attached hydrogens (primary N) is 2. The zero-order valence-corrected chi connectivity index (χ0v) is 19.3. The topological polar surface area (TPSA) is 188 Å². The summed E-state index contributed by atoms with van der Waals surface area (Å²) in [6.07, 6.45) is 7.24. The summed E-state index contributed by atoms with van der Waals surface area (Å²) < 4.78 is 0. The molecule has 3 heterocycles. The van der Waals surface area contributed by atoms with Crippen molar-refractivity contribution in [3.8, 4) is 0 Å². The molecule has 0 aromatic carbocycles. The molecule has 188 valence electrons. The quantitative estimate of drug-likeness (QED) is 0.250. The molecule has 0 saturated carbocycles. The van der Waals surface area contributed by atoms with Crippen LogP contribution in [0.4, 0.5) is 0 Å². The zero-order chi connectivity index (χ0) is 24.7. The molecule has 2 fully saturated rings. The number of aromatic amines is 1. The van der Waals surface area contributed by atoms with Gasteiger partial charge in [0.1, 0.15) is 18.1 Å². The van der Waals surface area contributed by atoms with Crippen molar-refractivity contribution in [2.45, 2.75) is 75.5 Å². The van der Waals surface area contributed by atoms with E-state index in [1.54, 1.807) is 6.20 Å². The Labute approximate surface area is 198 Å². The number of aromatic nitrogens is 2. The minimum Gasteiger partial charge on any atom is -0.480 e. The highest BCUT2D eigenvalue weighted by atomic mass is 16.4. The molecule has 0 radical (unpaired) electrons. The Bertz CT molecular complexity index is 862. The van der Waals surface area contributed by atoms with Crippen LogP contribution in [-0.4, -0.2) is 92.4 Å². The molecule has 12 heteroatoms. The average molecular weight is 478 g/mol. The van der Waals surface area contributed by atoms with Crippen molar-refractivity contribution in [3.63, 3.8) is 0 Å². The third-order valence-electron chi connectivity index (χ3n) is 6.54. The van der Waals surface area contributed by atoms with Gasteiger partial charge >= 0.3 is 5.97 Å². The first-order valence-corrected chi connectivity index (χ1v) is 11.9. The molecular weight excluding hydrogens is 442 g/mol. The van der Waals surface area contributed by atoms with E-state index in [0.29, 0.717) is 57.4 Å². The highest BCUT2D eigenvalue weighted by molar-refractivity contribution is 5.94. The Kier molecular flexibility index (Phi) is 8.99. The second-order valence-electron chi connectivity index (χ2n) is 8.95. The van der Waals surface area contributed by atoms with Crippen LogP contribution in [0.1, 0.15) is 50.6 Å². The van der Waals surface area contributed by atoms with E-state index in [1.807, 2.05) is 0 Å². The van der Waals surface area contributed by atoms with Crippen LogP contribution in [0.5, 0.6) is 0 Å². The summed E-state index contributed by atoms with van der Waals surface area (Å²) >= 11 is 0. The maximum Gasteiger partial charge on any atom is 0.326 e. The Balaban J connectivity index is 1.71. The SMILES string of the molecule is NCCCCC(N)C(=O)N1CCCC1C(=O)NC(Cc1cnc[nH]1)C(=O)N1CCCC1C(=O)O. The lowest BCUT2D eigenvalue weighted by atomic mass is 10.1. The number of nitrogens with zero attached hydrogens (tertiary/aromatic N) is 3. The average Bonchev–Trinajstić information content (AvgIpc) is 3.59. The number of carbonyl (C=O) groups excluding carboxylic acids is 3. The molecule has 3 amide bonds. The summed E-state index contributed by atoms with van der Waals surface area (Å²) in [6, 6.07) is -3.32. The first-order chi connectivity index (χ1) is 16.3. The highest BCUT2D eigenvalue weighted by Gasteiger charge is 2.41. The molecule has 0 bridgehead atoms. The van der Waals surface area contributed by atoms with Crippen LogP contribution < -0.4 is 16.8 Å². The van der Waals surface area contributed by atoms with Gasteiger partial charge in [0, 0.05) is 31.4 Å². The number of hydrogen-bond donors (Lipinski definition) is 5. The second-order valence-corrected chi connectivity index (χ2v) is 8.95. The number of rotatable bonds is 11. The summed E-state index contributed by atoms with van der Waals surface area (Å²) in [4.78, 5) is 60.7. The van der Waals surface area contributed by atoms with Crippen molar-refractivity contribution < 1.29 is 24.3 Å². The third kappa shape index (κ3) is 6.11. The first kappa shape index (κ1) is 25.6. The zero-order valence-electron chi connectivity index (χ0n) is 19.3. The van der Waals surface area contributed by atoms with E-state index in [1.165, 1.54) is 16.1 Å². The van der Waals surface area contributed by atoms with Gasteiger partial charge in [0.2, 0.25) is 17.7 Å². The fraction of sp³-hybridized carbons (Fsp3) is 0.682. The molecule has 7 N–H and O–H groups in total. The second kappa shape index (κ2) is 11.9. The van der Waals surface area contributed by atoms with E-state index in [4.69, 9.17) is 11.5 Å². The fourth-order valence-corrected chi connectivity index (χ4v) is 4.72. The van der Waals surface area contributed by atoms with E-state index in [-0.39, 0.29) is 12.3 Å². The minimum atomic E-state index is -1.06. The summed E-state index contributed by atoms with van der Waals surface area (Å²) in [6.45, 7) is 1.27. The van der Waals surface area contributed by atoms with Gasteiger partial charge in [-0.1, -0.05) is 6.42 Å². The minimum absolute atomic E-state index is 0.132. The van der Waals surface area contributed by atoms with Crippen molar-refractivity contribution in [2.75, 3.05) is 19.6 Å². The molecular formula is C22H35N7O5. The summed E-state index contributed by atoms with van der Waals surface area (Å²) in [5.41, 5.74) is 12.2. The van der Waals surface area contributed by atoms with Gasteiger partial charge in [0.15, 0.2) is 0 Å². The van der Waals surface area contributed by atoms with Gasteiger partial charge in [-0.05, 0) is 45.1 Å². The first-order valence-electron chi connectivity index (χ1n) is 11.9. The smallest absolute Gasteiger partial charge is 0.326 e. The Morgan fingerprint density at radius 2 is 1.79 bits per heavy atom. The Morgan fingerprint density at radius 1 is 1.12 bits per heavy atom. The lowest BCUT2D eigenvalue weighted by Gasteiger charge is -2.30. The normalized spacial score (nSPS) is 21.9. The molecule has 1 aromatic heterocycles. The van der Waals surface area contributed by atoms with Gasteiger partial charge in [-0.2, -0.15) is 0 Å². The molecule has 3 rings (SSSR count). The van der Waals surface area contributed by atoms with E-state index < -0.39 is 42.0 Å². The van der Waals surface area contributed by atoms with Crippen molar-refractivity contribution >= 4 is 23.7 Å². The number of unbranched alkanes of at least 4 members (excludes halogenated alkanes) is 1. The number of carbonyl (C=O) groups is 4. The van der Waals surface area contributed by atoms with Crippen molar-refractivity contribution in [1.82, 2.24) is 25.1 Å². The van der Waals surface area contributed by atoms with E-state index in [0.717, 1.165) is 12.8 Å². The van der Waals surface area contributed by atoms with Crippen LogP contribution in [0.3, 0.4) is 0 Å². The molecule has 2 aliphatic heterocycles. The molecule has 4 atom stereocenters. The largest absolute Gasteiger partial charge is 0.480 e. The number of H-pyrrole nitrogens is 1. The van der Waals surface area contributed by atoms with Gasteiger partial charge in [-0.15, -0.1) is 0 Å². The van der Waals surface area contributed by atoms with Crippen LogP contribution >= 0.6 is 0 Å². The van der Waals surface area contributed by atoms with Crippen LogP contribution in [-0.2, 0) is 25.6 Å². The van der Waals surface area contributed by atoms with Crippen molar-refractivity contribution in [3.05, 3.63) is 18.2 Å². The number of carboxylic acids is 1. The van der Waals surface area contributed by atoms with Gasteiger partial charge in [0.25, 0.3) is 0 Å². The number of imidazole rings is 1.